The summed E-state index contributed by atoms with van der Waals surface area (Å²) in [5, 5.41) is 10.4. The zero-order valence-corrected chi connectivity index (χ0v) is 20.9. The van der Waals surface area contributed by atoms with E-state index in [4.69, 9.17) is 4.74 Å². The molecule has 6 heteroatoms. The largest absolute Gasteiger partial charge is 0.497 e. The number of methoxy groups -OCH3 is 1. The summed E-state index contributed by atoms with van der Waals surface area (Å²) in [6.07, 6.45) is 5.27. The van der Waals surface area contributed by atoms with E-state index in [9.17, 15) is 9.90 Å². The molecule has 2 unspecified atom stereocenters. The van der Waals surface area contributed by atoms with Crippen molar-refractivity contribution in [3.8, 4) is 5.75 Å². The molecule has 2 heterocycles. The van der Waals surface area contributed by atoms with E-state index < -0.39 is 12.1 Å². The maximum atomic E-state index is 15.5. The molecule has 1 aliphatic rings. The van der Waals surface area contributed by atoms with Gasteiger partial charge in [-0.3, -0.25) is 14.7 Å². The average Bonchev–Trinajstić information content (AvgIpc) is 2.90. The predicted molar refractivity (Wildman–Crippen MR) is 141 cm³/mol. The standard InChI is InChI=1S/C30H35FN2O3/c1-3-24(17-21-7-5-4-6-8-21)33-16-14-22(23(20-33)18-30(34)35)9-11-28(31)26-13-15-32-29-12-10-25(36-2)19-27(26)29/h3-8,10,12-13,15,19,22-24,28H,1,9,11,14,16-18,20H2,2H3,(H,34,35)/t22-,23+,24?,28?/m1/s1. The fourth-order valence-corrected chi connectivity index (χ4v) is 5.53. The number of benzene rings is 2. The molecule has 0 spiro atoms. The van der Waals surface area contributed by atoms with Crippen molar-refractivity contribution < 1.29 is 19.0 Å². The molecule has 0 saturated carbocycles. The van der Waals surface area contributed by atoms with Gasteiger partial charge in [0.15, 0.2) is 0 Å². The first kappa shape index (κ1) is 25.8. The van der Waals surface area contributed by atoms with Crippen LogP contribution in [0, 0.1) is 11.8 Å². The molecule has 1 aromatic heterocycles. The smallest absolute Gasteiger partial charge is 0.303 e. The van der Waals surface area contributed by atoms with E-state index in [-0.39, 0.29) is 24.3 Å². The topological polar surface area (TPSA) is 62.7 Å². The lowest BCUT2D eigenvalue weighted by Crippen LogP contribution is -2.46. The third kappa shape index (κ3) is 6.30. The maximum Gasteiger partial charge on any atom is 0.303 e. The maximum absolute atomic E-state index is 15.5. The van der Waals surface area contributed by atoms with E-state index in [1.807, 2.05) is 42.5 Å². The van der Waals surface area contributed by atoms with E-state index in [0.717, 1.165) is 30.3 Å². The number of carboxylic acid groups (broad SMARTS) is 1. The van der Waals surface area contributed by atoms with Crippen LogP contribution in [0.2, 0.25) is 0 Å². The van der Waals surface area contributed by atoms with Gasteiger partial charge in [-0.1, -0.05) is 36.4 Å². The monoisotopic (exact) mass is 490 g/mol. The molecule has 0 aliphatic carbocycles. The van der Waals surface area contributed by atoms with Gasteiger partial charge in [0.05, 0.1) is 12.6 Å². The summed E-state index contributed by atoms with van der Waals surface area (Å²) in [5.74, 6) is 0.0237. The van der Waals surface area contributed by atoms with Crippen LogP contribution in [0.1, 0.15) is 43.0 Å². The molecule has 5 nitrogen and oxygen atoms in total. The number of nitrogens with zero attached hydrogens (tertiary/aromatic N) is 2. The summed E-state index contributed by atoms with van der Waals surface area (Å²) >= 11 is 0. The van der Waals surface area contributed by atoms with Crippen LogP contribution in [0.25, 0.3) is 10.9 Å². The highest BCUT2D eigenvalue weighted by atomic mass is 19.1. The predicted octanol–water partition coefficient (Wildman–Crippen LogP) is 6.24. The van der Waals surface area contributed by atoms with Gasteiger partial charge >= 0.3 is 5.97 Å². The van der Waals surface area contributed by atoms with Crippen LogP contribution in [-0.2, 0) is 11.2 Å². The first-order chi connectivity index (χ1) is 17.5. The average molecular weight is 491 g/mol. The van der Waals surface area contributed by atoms with E-state index in [0.29, 0.717) is 30.7 Å². The van der Waals surface area contributed by atoms with Crippen LogP contribution in [0.3, 0.4) is 0 Å². The molecular formula is C30H35FN2O3. The lowest BCUT2D eigenvalue weighted by Gasteiger charge is -2.41. The summed E-state index contributed by atoms with van der Waals surface area (Å²) in [7, 11) is 1.59. The molecule has 36 heavy (non-hydrogen) atoms. The van der Waals surface area contributed by atoms with Gasteiger partial charge in [0.2, 0.25) is 0 Å². The Balaban J connectivity index is 1.43. The van der Waals surface area contributed by atoms with Gasteiger partial charge in [-0.25, -0.2) is 4.39 Å². The van der Waals surface area contributed by atoms with Gasteiger partial charge in [0.25, 0.3) is 0 Å². The number of carboxylic acids is 1. The first-order valence-corrected chi connectivity index (χ1v) is 12.7. The van der Waals surface area contributed by atoms with Crippen LogP contribution >= 0.6 is 0 Å². The Morgan fingerprint density at radius 2 is 2.06 bits per heavy atom. The van der Waals surface area contributed by atoms with Gasteiger partial charge in [-0.2, -0.15) is 0 Å². The second-order valence-corrected chi connectivity index (χ2v) is 9.72. The highest BCUT2D eigenvalue weighted by Gasteiger charge is 2.33. The number of rotatable bonds is 11. The minimum Gasteiger partial charge on any atom is -0.497 e. The molecule has 2 aromatic carbocycles. The number of piperidine rings is 1. The lowest BCUT2D eigenvalue weighted by molar-refractivity contribution is -0.139. The molecule has 4 rings (SSSR count). The molecule has 3 aromatic rings. The highest BCUT2D eigenvalue weighted by Crippen LogP contribution is 2.37. The number of halogens is 1. The van der Waals surface area contributed by atoms with Crippen LogP contribution in [0.15, 0.2) is 73.4 Å². The van der Waals surface area contributed by atoms with Gasteiger partial charge in [-0.05, 0) is 79.5 Å². The van der Waals surface area contributed by atoms with Gasteiger partial charge in [0.1, 0.15) is 11.9 Å². The quantitative estimate of drug-likeness (QED) is 0.322. The molecule has 1 fully saturated rings. The van der Waals surface area contributed by atoms with Crippen molar-refractivity contribution in [1.29, 1.82) is 0 Å². The Morgan fingerprint density at radius 3 is 2.78 bits per heavy atom. The highest BCUT2D eigenvalue weighted by molar-refractivity contribution is 5.83. The second-order valence-electron chi connectivity index (χ2n) is 9.72. The zero-order valence-electron chi connectivity index (χ0n) is 20.9. The SMILES string of the molecule is C=CC(Cc1ccccc1)N1CC[C@@H](CCC(F)c2ccnc3ccc(OC)cc23)[C@@H](CC(=O)O)C1. The molecule has 4 atom stereocenters. The van der Waals surface area contributed by atoms with Gasteiger partial charge in [0, 0.05) is 30.6 Å². The van der Waals surface area contributed by atoms with Crippen LogP contribution in [0.5, 0.6) is 5.75 Å². The number of fused-ring (bicyclic) bond motifs is 1. The van der Waals surface area contributed by atoms with Crippen molar-refractivity contribution in [2.75, 3.05) is 20.2 Å². The third-order valence-corrected chi connectivity index (χ3v) is 7.50. The second kappa shape index (κ2) is 12.1. The van der Waals surface area contributed by atoms with Crippen molar-refractivity contribution in [2.45, 2.75) is 44.3 Å². The molecule has 0 radical (unpaired) electrons. The van der Waals surface area contributed by atoms with Crippen LogP contribution < -0.4 is 4.74 Å². The molecule has 1 aliphatic heterocycles. The number of hydrogen-bond donors (Lipinski definition) is 1. The number of hydrogen-bond acceptors (Lipinski definition) is 4. The molecule has 0 bridgehead atoms. The molecule has 190 valence electrons. The number of aromatic nitrogens is 1. The third-order valence-electron chi connectivity index (χ3n) is 7.50. The van der Waals surface area contributed by atoms with E-state index in [2.05, 4.69) is 28.6 Å². The van der Waals surface area contributed by atoms with Crippen molar-refractivity contribution in [2.24, 2.45) is 11.8 Å². The summed E-state index contributed by atoms with van der Waals surface area (Å²) in [5.41, 5.74) is 2.59. The van der Waals surface area contributed by atoms with Crippen molar-refractivity contribution in [3.63, 3.8) is 0 Å². The van der Waals surface area contributed by atoms with Gasteiger partial charge < -0.3 is 9.84 Å². The molecular weight excluding hydrogens is 455 g/mol. The number of likely N-dealkylation sites (tertiary alicyclic amines) is 1. The fourth-order valence-electron chi connectivity index (χ4n) is 5.53. The molecule has 1 N–H and O–H groups in total. The number of carbonyl (C=O) groups is 1. The Hall–Kier alpha value is -3.25. The Labute approximate surface area is 212 Å². The Morgan fingerprint density at radius 1 is 1.25 bits per heavy atom. The van der Waals surface area contributed by atoms with E-state index in [1.54, 1.807) is 19.4 Å². The summed E-state index contributed by atoms with van der Waals surface area (Å²) in [6.45, 7) is 5.59. The Bertz CT molecular complexity index is 1170. The molecule has 1 saturated heterocycles. The number of aliphatic carboxylic acids is 1. The minimum absolute atomic E-state index is 0.0176. The van der Waals surface area contributed by atoms with Crippen LogP contribution in [0.4, 0.5) is 4.39 Å². The van der Waals surface area contributed by atoms with Crippen molar-refractivity contribution in [1.82, 2.24) is 9.88 Å². The van der Waals surface area contributed by atoms with Gasteiger partial charge in [-0.15, -0.1) is 6.58 Å². The minimum atomic E-state index is -1.15. The van der Waals surface area contributed by atoms with Crippen LogP contribution in [-0.4, -0.2) is 47.2 Å². The number of pyridine rings is 1. The van der Waals surface area contributed by atoms with Crippen molar-refractivity contribution in [3.05, 3.63) is 84.6 Å². The summed E-state index contributed by atoms with van der Waals surface area (Å²) in [4.78, 5) is 18.4. The summed E-state index contributed by atoms with van der Waals surface area (Å²) < 4.78 is 20.9. The van der Waals surface area contributed by atoms with E-state index >= 15 is 4.39 Å². The lowest BCUT2D eigenvalue weighted by atomic mass is 9.79. The number of ether oxygens (including phenoxy) is 1. The van der Waals surface area contributed by atoms with E-state index in [1.165, 1.54) is 5.56 Å². The zero-order chi connectivity index (χ0) is 25.5. The number of alkyl halides is 1. The van der Waals surface area contributed by atoms with Crippen molar-refractivity contribution >= 4 is 16.9 Å². The molecule has 0 amide bonds. The first-order valence-electron chi connectivity index (χ1n) is 12.7. The Kier molecular flexibility index (Phi) is 8.70. The normalized spacial score (nSPS) is 20.1. The fraction of sp³-hybridized carbons (Fsp3) is 0.400. The summed E-state index contributed by atoms with van der Waals surface area (Å²) in [6, 6.07) is 17.7.